The molecule has 0 saturated heterocycles. The Balaban J connectivity index is 1.68. The highest BCUT2D eigenvalue weighted by molar-refractivity contribution is 5.63. The molecule has 0 saturated carbocycles. The summed E-state index contributed by atoms with van der Waals surface area (Å²) in [6, 6.07) is 10.6. The van der Waals surface area contributed by atoms with Crippen LogP contribution in [0.3, 0.4) is 0 Å². The molecule has 4 rings (SSSR count). The van der Waals surface area contributed by atoms with E-state index in [-0.39, 0.29) is 24.5 Å². The predicted octanol–water partition coefficient (Wildman–Crippen LogP) is 3.14. The number of hydrogen-bond acceptors (Lipinski definition) is 6. The number of hydrogen-bond donors (Lipinski definition) is 1. The van der Waals surface area contributed by atoms with Gasteiger partial charge in [0, 0.05) is 6.07 Å². The molecule has 0 spiro atoms. The van der Waals surface area contributed by atoms with Crippen LogP contribution in [0.5, 0.6) is 11.5 Å². The van der Waals surface area contributed by atoms with Crippen LogP contribution in [-0.2, 0) is 0 Å². The van der Waals surface area contributed by atoms with E-state index in [1.807, 2.05) is 25.1 Å². The average molecular weight is 326 g/mol. The number of aromatic nitrogens is 2. The Morgan fingerprint density at radius 2 is 2.12 bits per heavy atom. The number of imidazole rings is 1. The molecule has 0 fully saturated rings. The summed E-state index contributed by atoms with van der Waals surface area (Å²) in [5.41, 5.74) is 1.44. The van der Waals surface area contributed by atoms with Crippen molar-refractivity contribution in [2.24, 2.45) is 0 Å². The molecule has 1 N–H and O–H groups in total. The van der Waals surface area contributed by atoms with Crippen LogP contribution in [-0.4, -0.2) is 21.1 Å². The quantitative estimate of drug-likeness (QED) is 0.585. The second-order valence-electron chi connectivity index (χ2n) is 5.45. The number of fused-ring (bicyclic) bond motifs is 2. The Morgan fingerprint density at radius 1 is 1.29 bits per heavy atom. The van der Waals surface area contributed by atoms with E-state index in [2.05, 4.69) is 10.3 Å². The van der Waals surface area contributed by atoms with Crippen molar-refractivity contribution in [3.8, 4) is 11.5 Å². The minimum absolute atomic E-state index is 0.0850. The fourth-order valence-corrected chi connectivity index (χ4v) is 2.73. The van der Waals surface area contributed by atoms with Crippen LogP contribution < -0.4 is 14.8 Å². The lowest BCUT2D eigenvalue weighted by molar-refractivity contribution is -0.389. The summed E-state index contributed by atoms with van der Waals surface area (Å²) in [6.45, 7) is 2.11. The van der Waals surface area contributed by atoms with Crippen molar-refractivity contribution >= 4 is 17.3 Å². The molecule has 0 bridgehead atoms. The number of ether oxygens (including phenoxy) is 2. The lowest BCUT2D eigenvalue weighted by Gasteiger charge is -2.14. The summed E-state index contributed by atoms with van der Waals surface area (Å²) >= 11 is 0. The van der Waals surface area contributed by atoms with Gasteiger partial charge in [-0.3, -0.25) is 0 Å². The van der Waals surface area contributed by atoms with Gasteiger partial charge in [-0.15, -0.1) is 0 Å². The minimum atomic E-state index is -0.436. The van der Waals surface area contributed by atoms with Crippen molar-refractivity contribution < 1.29 is 14.4 Å². The van der Waals surface area contributed by atoms with Crippen molar-refractivity contribution in [1.29, 1.82) is 0 Å². The zero-order valence-corrected chi connectivity index (χ0v) is 12.8. The molecule has 1 aliphatic rings. The third kappa shape index (κ3) is 2.28. The fourth-order valence-electron chi connectivity index (χ4n) is 2.73. The lowest BCUT2D eigenvalue weighted by Crippen LogP contribution is -2.08. The Kier molecular flexibility index (Phi) is 3.23. The van der Waals surface area contributed by atoms with Crippen LogP contribution in [0.1, 0.15) is 18.5 Å². The molecule has 1 unspecified atom stereocenters. The highest BCUT2D eigenvalue weighted by Crippen LogP contribution is 2.35. The molecule has 3 aromatic rings. The highest BCUT2D eigenvalue weighted by atomic mass is 16.7. The predicted molar refractivity (Wildman–Crippen MR) is 86.4 cm³/mol. The minimum Gasteiger partial charge on any atom is -0.454 e. The molecular weight excluding hydrogens is 312 g/mol. The Morgan fingerprint density at radius 3 is 2.96 bits per heavy atom. The molecule has 8 heteroatoms. The van der Waals surface area contributed by atoms with E-state index in [0.717, 1.165) is 5.56 Å². The van der Waals surface area contributed by atoms with E-state index >= 15 is 0 Å². The third-order valence-corrected chi connectivity index (χ3v) is 3.93. The maximum absolute atomic E-state index is 11.4. The van der Waals surface area contributed by atoms with Gasteiger partial charge in [-0.25, -0.2) is 0 Å². The number of pyridine rings is 1. The van der Waals surface area contributed by atoms with Gasteiger partial charge in [-0.1, -0.05) is 12.1 Å². The van der Waals surface area contributed by atoms with Crippen molar-refractivity contribution in [1.82, 2.24) is 9.38 Å². The maximum Gasteiger partial charge on any atom is 0.372 e. The Bertz CT molecular complexity index is 937. The second-order valence-corrected chi connectivity index (χ2v) is 5.45. The number of nitrogens with one attached hydrogen (secondary N) is 1. The van der Waals surface area contributed by atoms with Gasteiger partial charge in [0.1, 0.15) is 0 Å². The second kappa shape index (κ2) is 5.41. The van der Waals surface area contributed by atoms with Crippen LogP contribution in [0, 0.1) is 10.1 Å². The number of nitrogens with zero attached hydrogens (tertiary/aromatic N) is 3. The first-order valence-electron chi connectivity index (χ1n) is 7.41. The first-order valence-corrected chi connectivity index (χ1v) is 7.41. The van der Waals surface area contributed by atoms with E-state index < -0.39 is 4.92 Å². The van der Waals surface area contributed by atoms with Gasteiger partial charge in [-0.05, 0) is 35.6 Å². The van der Waals surface area contributed by atoms with E-state index in [0.29, 0.717) is 17.1 Å². The molecular formula is C16H14N4O4. The first kappa shape index (κ1) is 14.3. The van der Waals surface area contributed by atoms with Crippen LogP contribution in [0.4, 0.5) is 11.6 Å². The summed E-state index contributed by atoms with van der Waals surface area (Å²) in [6.07, 6.45) is 1.62. The zero-order valence-electron chi connectivity index (χ0n) is 12.8. The molecule has 0 radical (unpaired) electrons. The lowest BCUT2D eigenvalue weighted by atomic mass is 10.1. The highest BCUT2D eigenvalue weighted by Gasteiger charge is 2.24. The van der Waals surface area contributed by atoms with Crippen LogP contribution in [0.15, 0.2) is 42.6 Å². The standard InChI is InChI=1S/C16H14N4O4/c1-10(11-5-6-12-13(8-11)24-9-23-12)17-15-16(20(21)22)19-7-3-2-4-14(19)18-15/h2-8,10,17H,9H2,1H3. The molecule has 3 heterocycles. The normalized spacial score (nSPS) is 13.9. The van der Waals surface area contributed by atoms with Crippen LogP contribution in [0.2, 0.25) is 0 Å². The van der Waals surface area contributed by atoms with Gasteiger partial charge in [0.15, 0.2) is 11.5 Å². The zero-order chi connectivity index (χ0) is 16.7. The van der Waals surface area contributed by atoms with Gasteiger partial charge in [-0.2, -0.15) is 9.38 Å². The molecule has 0 aliphatic carbocycles. The number of benzene rings is 1. The van der Waals surface area contributed by atoms with Gasteiger partial charge in [0.25, 0.3) is 0 Å². The largest absolute Gasteiger partial charge is 0.454 e. The first-order chi connectivity index (χ1) is 11.6. The molecule has 1 aromatic carbocycles. The molecule has 2 aromatic heterocycles. The smallest absolute Gasteiger partial charge is 0.372 e. The molecule has 1 atom stereocenters. The summed E-state index contributed by atoms with van der Waals surface area (Å²) in [7, 11) is 0. The third-order valence-electron chi connectivity index (χ3n) is 3.93. The van der Waals surface area contributed by atoms with E-state index in [4.69, 9.17) is 9.47 Å². The molecule has 0 amide bonds. The van der Waals surface area contributed by atoms with E-state index in [1.165, 1.54) is 4.40 Å². The van der Waals surface area contributed by atoms with Gasteiger partial charge < -0.3 is 24.9 Å². The van der Waals surface area contributed by atoms with Crippen molar-refractivity contribution in [3.63, 3.8) is 0 Å². The van der Waals surface area contributed by atoms with Crippen molar-refractivity contribution in [2.75, 3.05) is 12.1 Å². The molecule has 24 heavy (non-hydrogen) atoms. The molecule has 8 nitrogen and oxygen atoms in total. The monoisotopic (exact) mass is 326 g/mol. The van der Waals surface area contributed by atoms with Crippen LogP contribution in [0.25, 0.3) is 5.65 Å². The van der Waals surface area contributed by atoms with Crippen molar-refractivity contribution in [3.05, 3.63) is 58.3 Å². The van der Waals surface area contributed by atoms with Crippen LogP contribution >= 0.6 is 0 Å². The molecule has 1 aliphatic heterocycles. The fraction of sp³-hybridized carbons (Fsp3) is 0.188. The topological polar surface area (TPSA) is 90.9 Å². The summed E-state index contributed by atoms with van der Waals surface area (Å²) in [5, 5.41) is 14.6. The maximum atomic E-state index is 11.4. The number of nitro groups is 1. The Hall–Kier alpha value is -3.29. The average Bonchev–Trinajstić information content (AvgIpc) is 3.17. The summed E-state index contributed by atoms with van der Waals surface area (Å²) in [4.78, 5) is 15.3. The van der Waals surface area contributed by atoms with Gasteiger partial charge in [0.2, 0.25) is 18.3 Å². The van der Waals surface area contributed by atoms with E-state index in [1.54, 1.807) is 24.4 Å². The summed E-state index contributed by atoms with van der Waals surface area (Å²) in [5.74, 6) is 1.52. The number of anilines is 1. The van der Waals surface area contributed by atoms with Gasteiger partial charge >= 0.3 is 5.82 Å². The van der Waals surface area contributed by atoms with E-state index in [9.17, 15) is 10.1 Å². The number of rotatable bonds is 4. The SMILES string of the molecule is CC(Nc1nc2ccccn2c1[N+](=O)[O-])c1ccc2c(c1)OCO2. The summed E-state index contributed by atoms with van der Waals surface area (Å²) < 4.78 is 12.1. The molecule has 122 valence electrons. The van der Waals surface area contributed by atoms with Gasteiger partial charge in [0.05, 0.1) is 12.2 Å². The Labute approximate surface area is 136 Å². The van der Waals surface area contributed by atoms with Crippen molar-refractivity contribution in [2.45, 2.75) is 13.0 Å².